The summed E-state index contributed by atoms with van der Waals surface area (Å²) in [6.07, 6.45) is 1.43. The fraction of sp³-hybridized carbons (Fsp3) is 0.296. The molecule has 1 aliphatic rings. The smallest absolute Gasteiger partial charge is 0.264 e. The van der Waals surface area contributed by atoms with Crippen molar-refractivity contribution in [2.45, 2.75) is 24.3 Å². The van der Waals surface area contributed by atoms with Gasteiger partial charge in [-0.1, -0.05) is 48.5 Å². The molecule has 0 fully saturated rings. The number of nitrogens with one attached hydrogen (secondary N) is 1. The summed E-state index contributed by atoms with van der Waals surface area (Å²) in [6.45, 7) is 2.50. The molecule has 0 atom stereocenters. The van der Waals surface area contributed by atoms with Gasteiger partial charge in [-0.25, -0.2) is 8.42 Å². The Balaban J connectivity index is 1.41. The Bertz CT molecular complexity index is 1280. The van der Waals surface area contributed by atoms with Gasteiger partial charge in [-0.15, -0.1) is 0 Å². The third-order valence-corrected chi connectivity index (χ3v) is 7.95. The summed E-state index contributed by atoms with van der Waals surface area (Å²) < 4.78 is 33.6. The van der Waals surface area contributed by atoms with Gasteiger partial charge >= 0.3 is 0 Å². The van der Waals surface area contributed by atoms with Gasteiger partial charge in [0.05, 0.1) is 23.3 Å². The molecule has 1 N–H and O–H groups in total. The first-order valence-corrected chi connectivity index (χ1v) is 13.1. The van der Waals surface area contributed by atoms with Gasteiger partial charge in [0.15, 0.2) is 0 Å². The monoisotopic (exact) mass is 493 g/mol. The lowest BCUT2D eigenvalue weighted by Gasteiger charge is -2.20. The molecule has 0 saturated heterocycles. The average Bonchev–Trinajstić information content (AvgIpc) is 3.32. The Morgan fingerprint density at radius 2 is 1.80 bits per heavy atom. The van der Waals surface area contributed by atoms with E-state index in [4.69, 9.17) is 4.74 Å². The highest BCUT2D eigenvalue weighted by Crippen LogP contribution is 2.33. The van der Waals surface area contributed by atoms with Crippen LogP contribution in [0, 0.1) is 0 Å². The first-order chi connectivity index (χ1) is 16.9. The second kappa shape index (κ2) is 10.9. The largest absolute Gasteiger partial charge is 0.496 e. The quantitative estimate of drug-likeness (QED) is 0.436. The molecule has 0 spiro atoms. The lowest BCUT2D eigenvalue weighted by Crippen LogP contribution is -2.30. The number of anilines is 1. The van der Waals surface area contributed by atoms with E-state index >= 15 is 0 Å². The van der Waals surface area contributed by atoms with Crippen LogP contribution in [0.3, 0.4) is 0 Å². The van der Waals surface area contributed by atoms with Crippen LogP contribution in [0.15, 0.2) is 77.7 Å². The van der Waals surface area contributed by atoms with Crippen molar-refractivity contribution in [1.29, 1.82) is 0 Å². The summed E-state index contributed by atoms with van der Waals surface area (Å²) in [5, 5.41) is 2.90. The lowest BCUT2D eigenvalue weighted by molar-refractivity contribution is 0.0948. The van der Waals surface area contributed by atoms with E-state index in [0.29, 0.717) is 30.9 Å². The van der Waals surface area contributed by atoms with Gasteiger partial charge in [-0.3, -0.25) is 9.10 Å². The van der Waals surface area contributed by atoms with E-state index in [1.807, 2.05) is 49.5 Å². The van der Waals surface area contributed by atoms with Crippen molar-refractivity contribution in [2.75, 3.05) is 38.1 Å². The molecule has 1 heterocycles. The Labute approximate surface area is 207 Å². The van der Waals surface area contributed by atoms with Gasteiger partial charge in [0.25, 0.3) is 15.9 Å². The second-order valence-electron chi connectivity index (χ2n) is 8.65. The number of nitrogens with zero attached hydrogens (tertiary/aromatic N) is 2. The minimum absolute atomic E-state index is 0.0720. The topological polar surface area (TPSA) is 79.0 Å². The minimum Gasteiger partial charge on any atom is -0.496 e. The van der Waals surface area contributed by atoms with Crippen molar-refractivity contribution >= 4 is 21.6 Å². The first kappa shape index (κ1) is 24.8. The molecule has 1 aliphatic heterocycles. The maximum atomic E-state index is 13.4. The van der Waals surface area contributed by atoms with Crippen molar-refractivity contribution in [3.8, 4) is 5.75 Å². The minimum atomic E-state index is -3.81. The number of amides is 1. The number of benzene rings is 3. The normalized spacial score (nSPS) is 13.1. The number of sulfonamides is 1. The number of methoxy groups -OCH3 is 1. The third-order valence-electron chi connectivity index (χ3n) is 6.15. The van der Waals surface area contributed by atoms with E-state index in [1.54, 1.807) is 0 Å². The van der Waals surface area contributed by atoms with E-state index in [2.05, 4.69) is 22.3 Å². The molecule has 3 aromatic rings. The Hall–Kier alpha value is -3.36. The number of para-hydroxylation sites is 1. The molecule has 0 saturated carbocycles. The zero-order valence-electron chi connectivity index (χ0n) is 20.1. The number of hydrogen-bond acceptors (Lipinski definition) is 5. The van der Waals surface area contributed by atoms with Gasteiger partial charge < -0.3 is 15.0 Å². The first-order valence-electron chi connectivity index (χ1n) is 11.7. The van der Waals surface area contributed by atoms with Crippen LogP contribution in [0.25, 0.3) is 0 Å². The molecule has 8 heteroatoms. The van der Waals surface area contributed by atoms with E-state index in [1.165, 1.54) is 35.2 Å². The van der Waals surface area contributed by atoms with Gasteiger partial charge in [0, 0.05) is 19.6 Å². The fourth-order valence-electron chi connectivity index (χ4n) is 4.33. The summed E-state index contributed by atoms with van der Waals surface area (Å²) in [5.41, 5.74) is 3.13. The summed E-state index contributed by atoms with van der Waals surface area (Å²) in [7, 11) is -0.296. The van der Waals surface area contributed by atoms with Crippen LogP contribution in [0.5, 0.6) is 5.75 Å². The standard InChI is InChI=1S/C27H31N3O4S/c1-29(20-21-9-4-3-5-10-21)17-8-16-28-27(31)24-19-23(13-14-26(24)34-2)35(32,33)30-18-15-22-11-6-7-12-25(22)30/h3-7,9-14,19H,8,15-18,20H2,1-2H3,(H,28,31). The molecule has 184 valence electrons. The number of carbonyl (C=O) groups is 1. The van der Waals surface area contributed by atoms with Gasteiger partial charge in [0.2, 0.25) is 0 Å². The summed E-state index contributed by atoms with van der Waals surface area (Å²) in [4.78, 5) is 15.2. The maximum absolute atomic E-state index is 13.4. The number of hydrogen-bond donors (Lipinski definition) is 1. The molecule has 4 rings (SSSR count). The van der Waals surface area contributed by atoms with Crippen molar-refractivity contribution in [3.05, 3.63) is 89.5 Å². The zero-order valence-corrected chi connectivity index (χ0v) is 20.9. The fourth-order valence-corrected chi connectivity index (χ4v) is 5.86. The molecule has 0 aromatic heterocycles. The number of fused-ring (bicyclic) bond motifs is 1. The van der Waals surface area contributed by atoms with Gasteiger partial charge in [-0.05, 0) is 61.8 Å². The summed E-state index contributed by atoms with van der Waals surface area (Å²) in [6, 6.07) is 22.1. The van der Waals surface area contributed by atoms with E-state index < -0.39 is 10.0 Å². The van der Waals surface area contributed by atoms with Crippen LogP contribution in [-0.4, -0.2) is 53.0 Å². The Kier molecular flexibility index (Phi) is 7.73. The highest BCUT2D eigenvalue weighted by Gasteiger charge is 2.31. The van der Waals surface area contributed by atoms with Crippen LogP contribution in [0.1, 0.15) is 27.9 Å². The number of ether oxygens (including phenoxy) is 1. The van der Waals surface area contributed by atoms with E-state index in [0.717, 1.165) is 25.1 Å². The number of rotatable bonds is 10. The predicted octanol–water partition coefficient (Wildman–Crippen LogP) is 3.70. The van der Waals surface area contributed by atoms with Crippen LogP contribution in [-0.2, 0) is 23.0 Å². The molecule has 3 aromatic carbocycles. The summed E-state index contributed by atoms with van der Waals surface area (Å²) in [5.74, 6) is -0.0177. The Morgan fingerprint density at radius 1 is 1.06 bits per heavy atom. The molecular weight excluding hydrogens is 462 g/mol. The molecule has 0 radical (unpaired) electrons. The van der Waals surface area contributed by atoms with Gasteiger partial charge in [-0.2, -0.15) is 0 Å². The van der Waals surface area contributed by atoms with E-state index in [-0.39, 0.29) is 16.4 Å². The maximum Gasteiger partial charge on any atom is 0.264 e. The highest BCUT2D eigenvalue weighted by molar-refractivity contribution is 7.92. The molecule has 0 bridgehead atoms. The van der Waals surface area contributed by atoms with Crippen LogP contribution in [0.2, 0.25) is 0 Å². The van der Waals surface area contributed by atoms with Crippen molar-refractivity contribution in [1.82, 2.24) is 10.2 Å². The van der Waals surface area contributed by atoms with Gasteiger partial charge in [0.1, 0.15) is 5.75 Å². The van der Waals surface area contributed by atoms with Crippen molar-refractivity contribution in [2.24, 2.45) is 0 Å². The molecule has 35 heavy (non-hydrogen) atoms. The molecule has 0 unspecified atom stereocenters. The Morgan fingerprint density at radius 3 is 2.57 bits per heavy atom. The number of carbonyl (C=O) groups excluding carboxylic acids is 1. The zero-order chi connectivity index (χ0) is 24.8. The molecular formula is C27H31N3O4S. The van der Waals surface area contributed by atoms with Crippen LogP contribution < -0.4 is 14.4 Å². The lowest BCUT2D eigenvalue weighted by atomic mass is 10.2. The molecule has 0 aliphatic carbocycles. The molecule has 7 nitrogen and oxygen atoms in total. The van der Waals surface area contributed by atoms with Crippen molar-refractivity contribution in [3.63, 3.8) is 0 Å². The average molecular weight is 494 g/mol. The second-order valence-corrected chi connectivity index (χ2v) is 10.5. The summed E-state index contributed by atoms with van der Waals surface area (Å²) >= 11 is 0. The van der Waals surface area contributed by atoms with Crippen molar-refractivity contribution < 1.29 is 17.9 Å². The predicted molar refractivity (Wildman–Crippen MR) is 137 cm³/mol. The van der Waals surface area contributed by atoms with Crippen LogP contribution >= 0.6 is 0 Å². The third kappa shape index (κ3) is 5.66. The van der Waals surface area contributed by atoms with Crippen LogP contribution in [0.4, 0.5) is 5.69 Å². The highest BCUT2D eigenvalue weighted by atomic mass is 32.2. The van der Waals surface area contributed by atoms with E-state index in [9.17, 15) is 13.2 Å². The SMILES string of the molecule is COc1ccc(S(=O)(=O)N2CCc3ccccc32)cc1C(=O)NCCCN(C)Cc1ccccc1. The molecule has 1 amide bonds.